The molecule has 0 amide bonds. The molecule has 8 nitrogen and oxygen atoms in total. The van der Waals surface area contributed by atoms with E-state index in [2.05, 4.69) is 6.07 Å². The van der Waals surface area contributed by atoms with Crippen LogP contribution in [0.3, 0.4) is 0 Å². The molecule has 0 aliphatic carbocycles. The molecule has 178 valence electrons. The van der Waals surface area contributed by atoms with Crippen molar-refractivity contribution in [2.75, 3.05) is 20.8 Å². The Labute approximate surface area is 207 Å². The number of allylic oxidation sites excluding steroid dienone is 1. The van der Waals surface area contributed by atoms with E-state index in [0.717, 1.165) is 0 Å². The van der Waals surface area contributed by atoms with Gasteiger partial charge >= 0.3 is 5.97 Å². The van der Waals surface area contributed by atoms with E-state index < -0.39 is 11.9 Å². The third-order valence-electron chi connectivity index (χ3n) is 5.36. The monoisotopic (exact) mass is 492 g/mol. The lowest BCUT2D eigenvalue weighted by molar-refractivity contribution is -0.136. The number of hydrogen-bond donors (Lipinski definition) is 1. The first-order valence-electron chi connectivity index (χ1n) is 10.5. The van der Waals surface area contributed by atoms with Crippen LogP contribution in [-0.2, 0) is 4.79 Å². The molecule has 35 heavy (non-hydrogen) atoms. The minimum absolute atomic E-state index is 0.0478. The second-order valence-corrected chi connectivity index (χ2v) is 7.83. The topological polar surface area (TPSA) is 113 Å². The largest absolute Gasteiger partial charge is 0.497 e. The molecular formula is C26H21ClN2O6. The van der Waals surface area contributed by atoms with Gasteiger partial charge in [0.05, 0.1) is 25.2 Å². The predicted molar refractivity (Wildman–Crippen MR) is 128 cm³/mol. The molecule has 1 heterocycles. The summed E-state index contributed by atoms with van der Waals surface area (Å²) in [6.45, 7) is -0.339. The van der Waals surface area contributed by atoms with E-state index in [1.165, 1.54) is 13.2 Å². The van der Waals surface area contributed by atoms with Crippen molar-refractivity contribution in [1.29, 1.82) is 5.26 Å². The number of fused-ring (bicyclic) bond motifs is 1. The van der Waals surface area contributed by atoms with Crippen LogP contribution >= 0.6 is 11.6 Å². The maximum Gasteiger partial charge on any atom is 0.349 e. The molecule has 9 heteroatoms. The van der Waals surface area contributed by atoms with Crippen LogP contribution in [0.1, 0.15) is 17.0 Å². The molecule has 0 bridgehead atoms. The van der Waals surface area contributed by atoms with Crippen molar-refractivity contribution >= 4 is 17.6 Å². The quantitative estimate of drug-likeness (QED) is 0.377. The fourth-order valence-electron chi connectivity index (χ4n) is 3.74. The average Bonchev–Trinajstić information content (AvgIpc) is 2.87. The molecule has 3 aromatic rings. The number of carbonyl (C=O) groups is 1. The van der Waals surface area contributed by atoms with Crippen LogP contribution in [0.4, 0.5) is 0 Å². The van der Waals surface area contributed by atoms with Crippen molar-refractivity contribution in [3.63, 3.8) is 0 Å². The van der Waals surface area contributed by atoms with E-state index in [1.54, 1.807) is 55.6 Å². The Morgan fingerprint density at radius 3 is 2.49 bits per heavy atom. The van der Waals surface area contributed by atoms with E-state index in [9.17, 15) is 10.1 Å². The van der Waals surface area contributed by atoms with Crippen molar-refractivity contribution in [2.24, 2.45) is 5.73 Å². The van der Waals surface area contributed by atoms with Crippen molar-refractivity contribution in [3.8, 4) is 34.8 Å². The lowest BCUT2D eigenvalue weighted by atomic mass is 9.83. The van der Waals surface area contributed by atoms with E-state index >= 15 is 0 Å². The van der Waals surface area contributed by atoms with Crippen LogP contribution in [0.5, 0.6) is 28.7 Å². The number of benzene rings is 3. The van der Waals surface area contributed by atoms with Gasteiger partial charge in [0.2, 0.25) is 5.88 Å². The zero-order chi connectivity index (χ0) is 24.9. The number of methoxy groups -OCH3 is 2. The highest BCUT2D eigenvalue weighted by molar-refractivity contribution is 6.32. The zero-order valence-electron chi connectivity index (χ0n) is 18.9. The van der Waals surface area contributed by atoms with Gasteiger partial charge in [-0.25, -0.2) is 4.79 Å². The summed E-state index contributed by atoms with van der Waals surface area (Å²) in [5, 5.41) is 10.2. The van der Waals surface area contributed by atoms with Gasteiger partial charge in [0.25, 0.3) is 0 Å². The van der Waals surface area contributed by atoms with Gasteiger partial charge in [-0.2, -0.15) is 5.26 Å². The molecule has 2 N–H and O–H groups in total. The fraction of sp³-hybridized carbons (Fsp3) is 0.154. The highest BCUT2D eigenvalue weighted by atomic mass is 35.5. The minimum atomic E-state index is -0.629. The van der Waals surface area contributed by atoms with Gasteiger partial charge in [0.1, 0.15) is 40.4 Å². The van der Waals surface area contributed by atoms with Crippen LogP contribution in [0, 0.1) is 11.3 Å². The first-order valence-corrected chi connectivity index (χ1v) is 10.8. The van der Waals surface area contributed by atoms with Gasteiger partial charge in [-0.15, -0.1) is 0 Å². The number of nitrogens with zero attached hydrogens (tertiary/aromatic N) is 1. The lowest BCUT2D eigenvalue weighted by Gasteiger charge is -2.27. The third kappa shape index (κ3) is 4.95. The number of carbonyl (C=O) groups excluding carboxylic acids is 1. The molecule has 3 aromatic carbocycles. The second-order valence-electron chi connectivity index (χ2n) is 7.43. The summed E-state index contributed by atoms with van der Waals surface area (Å²) in [6, 6.07) is 19.1. The molecule has 0 saturated carbocycles. The van der Waals surface area contributed by atoms with Gasteiger partial charge in [-0.1, -0.05) is 35.9 Å². The number of rotatable bonds is 7. The number of esters is 1. The number of nitrogens with two attached hydrogens (primary N) is 1. The molecule has 1 atom stereocenters. The van der Waals surface area contributed by atoms with E-state index in [4.69, 9.17) is 41.0 Å². The molecule has 0 aromatic heterocycles. The van der Waals surface area contributed by atoms with Gasteiger partial charge in [-0.3, -0.25) is 0 Å². The highest BCUT2D eigenvalue weighted by Gasteiger charge is 2.33. The number of ether oxygens (including phenoxy) is 5. The molecule has 1 aliphatic heterocycles. The minimum Gasteiger partial charge on any atom is -0.497 e. The first-order chi connectivity index (χ1) is 16.9. The summed E-state index contributed by atoms with van der Waals surface area (Å²) < 4.78 is 27.3. The van der Waals surface area contributed by atoms with Crippen LogP contribution < -0.4 is 29.4 Å². The smallest absolute Gasteiger partial charge is 0.349 e. The Balaban J connectivity index is 1.60. The van der Waals surface area contributed by atoms with Gasteiger partial charge < -0.3 is 29.4 Å². The molecule has 1 aliphatic rings. The van der Waals surface area contributed by atoms with Crippen LogP contribution in [0.15, 0.2) is 72.1 Å². The Bertz CT molecular complexity index is 1350. The second kappa shape index (κ2) is 10.3. The summed E-state index contributed by atoms with van der Waals surface area (Å²) in [6.07, 6.45) is 0. The molecule has 0 spiro atoms. The molecular weight excluding hydrogens is 472 g/mol. The summed E-state index contributed by atoms with van der Waals surface area (Å²) in [4.78, 5) is 12.3. The zero-order valence-corrected chi connectivity index (χ0v) is 19.7. The third-order valence-corrected chi connectivity index (χ3v) is 5.67. The molecule has 1 unspecified atom stereocenters. The SMILES string of the molecule is COc1ccc(C2C(C#N)=C(N)Oc3cc(OC(=O)COc4ccccc4Cl)ccc32)c(OC)c1. The first kappa shape index (κ1) is 23.8. The van der Waals surface area contributed by atoms with Crippen LogP contribution in [0.2, 0.25) is 5.02 Å². The van der Waals surface area contributed by atoms with E-state index in [0.29, 0.717) is 39.1 Å². The molecule has 0 radical (unpaired) electrons. The summed E-state index contributed by atoms with van der Waals surface area (Å²) in [7, 11) is 3.09. The molecule has 0 fully saturated rings. The van der Waals surface area contributed by atoms with Crippen LogP contribution in [0.25, 0.3) is 0 Å². The van der Waals surface area contributed by atoms with Gasteiger partial charge in [0.15, 0.2) is 6.61 Å². The average molecular weight is 493 g/mol. The fourth-order valence-corrected chi connectivity index (χ4v) is 3.93. The predicted octanol–water partition coefficient (Wildman–Crippen LogP) is 4.56. The standard InChI is InChI=1S/C26H21ClN2O6/c1-31-15-7-9-17(22(11-15)32-2)25-18-10-8-16(12-23(18)35-26(29)19(25)13-28)34-24(30)14-33-21-6-4-3-5-20(21)27/h3-12,25H,14,29H2,1-2H3. The summed E-state index contributed by atoms with van der Waals surface area (Å²) in [5.74, 6) is 0.844. The number of halogens is 1. The lowest BCUT2D eigenvalue weighted by Crippen LogP contribution is -2.22. The van der Waals surface area contributed by atoms with Crippen molar-refractivity contribution in [1.82, 2.24) is 0 Å². The Hall–Kier alpha value is -4.35. The summed E-state index contributed by atoms with van der Waals surface area (Å²) in [5.41, 5.74) is 7.68. The molecule has 0 saturated heterocycles. The number of hydrogen-bond acceptors (Lipinski definition) is 8. The van der Waals surface area contributed by atoms with Gasteiger partial charge in [-0.05, 0) is 24.3 Å². The maximum atomic E-state index is 12.3. The van der Waals surface area contributed by atoms with E-state index in [-0.39, 0.29) is 23.8 Å². The summed E-state index contributed by atoms with van der Waals surface area (Å²) >= 11 is 6.04. The Morgan fingerprint density at radius 1 is 1.03 bits per heavy atom. The van der Waals surface area contributed by atoms with Crippen LogP contribution in [-0.4, -0.2) is 26.8 Å². The van der Waals surface area contributed by atoms with Crippen molar-refractivity contribution in [3.05, 3.63) is 88.3 Å². The number of para-hydroxylation sites is 1. The van der Waals surface area contributed by atoms with Crippen molar-refractivity contribution < 1.29 is 28.5 Å². The number of nitriles is 1. The normalized spacial score (nSPS) is 14.3. The highest BCUT2D eigenvalue weighted by Crippen LogP contribution is 2.46. The van der Waals surface area contributed by atoms with Gasteiger partial charge in [0, 0.05) is 23.3 Å². The Kier molecular flexibility index (Phi) is 6.99. The maximum absolute atomic E-state index is 12.3. The Morgan fingerprint density at radius 2 is 1.77 bits per heavy atom. The molecule has 4 rings (SSSR count). The van der Waals surface area contributed by atoms with Crippen molar-refractivity contribution in [2.45, 2.75) is 5.92 Å². The van der Waals surface area contributed by atoms with E-state index in [1.807, 2.05) is 6.07 Å².